The third-order valence-corrected chi connectivity index (χ3v) is 1.86. The van der Waals surface area contributed by atoms with E-state index in [2.05, 4.69) is 0 Å². The lowest BCUT2D eigenvalue weighted by molar-refractivity contribution is 0.0659. The van der Waals surface area contributed by atoms with Gasteiger partial charge in [0.1, 0.15) is 0 Å². The molecule has 72 valence electrons. The molecule has 0 aromatic carbocycles. The molecule has 0 saturated carbocycles. The van der Waals surface area contributed by atoms with Crippen LogP contribution in [0.1, 0.15) is 20.3 Å². The minimum absolute atomic E-state index is 0.0215. The molecule has 1 heterocycles. The summed E-state index contributed by atoms with van der Waals surface area (Å²) in [6, 6.07) is 5.04. The molecule has 0 radical (unpaired) electrons. The number of nitrogens with zero attached hydrogens (tertiary/aromatic N) is 1. The van der Waals surface area contributed by atoms with E-state index in [1.165, 1.54) is 6.07 Å². The smallest absolute Gasteiger partial charge is 0.250 e. The first kappa shape index (κ1) is 9.99. The van der Waals surface area contributed by atoms with Crippen LogP contribution >= 0.6 is 0 Å². The zero-order valence-electron chi connectivity index (χ0n) is 8.03. The van der Waals surface area contributed by atoms with E-state index in [9.17, 15) is 9.90 Å². The number of aliphatic hydroxyl groups is 1. The van der Waals surface area contributed by atoms with Gasteiger partial charge in [-0.15, -0.1) is 0 Å². The van der Waals surface area contributed by atoms with Crippen LogP contribution < -0.4 is 5.56 Å². The minimum atomic E-state index is -0.713. The fourth-order valence-corrected chi connectivity index (χ4v) is 1.04. The van der Waals surface area contributed by atoms with Crippen molar-refractivity contribution in [1.82, 2.24) is 4.57 Å². The van der Waals surface area contributed by atoms with Crippen LogP contribution in [0, 0.1) is 0 Å². The molecule has 0 saturated heterocycles. The highest BCUT2D eigenvalue weighted by Crippen LogP contribution is 2.07. The Bertz CT molecular complexity index is 322. The van der Waals surface area contributed by atoms with Gasteiger partial charge in [-0.1, -0.05) is 6.07 Å². The highest BCUT2D eigenvalue weighted by atomic mass is 16.3. The maximum absolute atomic E-state index is 11.2. The van der Waals surface area contributed by atoms with E-state index in [0.29, 0.717) is 13.0 Å². The third-order valence-electron chi connectivity index (χ3n) is 1.86. The van der Waals surface area contributed by atoms with Crippen molar-refractivity contribution in [2.45, 2.75) is 32.4 Å². The van der Waals surface area contributed by atoms with E-state index in [4.69, 9.17) is 0 Å². The summed E-state index contributed by atoms with van der Waals surface area (Å²) in [6.07, 6.45) is 2.31. The molecule has 0 aliphatic heterocycles. The van der Waals surface area contributed by atoms with Gasteiger partial charge in [0.25, 0.3) is 0 Å². The van der Waals surface area contributed by atoms with Gasteiger partial charge in [0, 0.05) is 18.8 Å². The zero-order valence-corrected chi connectivity index (χ0v) is 8.03. The van der Waals surface area contributed by atoms with Crippen molar-refractivity contribution < 1.29 is 5.11 Å². The van der Waals surface area contributed by atoms with Crippen LogP contribution in [0.2, 0.25) is 0 Å². The van der Waals surface area contributed by atoms with Crippen molar-refractivity contribution in [3.63, 3.8) is 0 Å². The van der Waals surface area contributed by atoms with Crippen LogP contribution in [-0.2, 0) is 6.54 Å². The Morgan fingerprint density at radius 2 is 2.15 bits per heavy atom. The Morgan fingerprint density at radius 3 is 2.69 bits per heavy atom. The van der Waals surface area contributed by atoms with E-state index >= 15 is 0 Å². The van der Waals surface area contributed by atoms with E-state index in [-0.39, 0.29) is 5.56 Å². The maximum Gasteiger partial charge on any atom is 0.250 e. The van der Waals surface area contributed by atoms with Gasteiger partial charge in [-0.05, 0) is 26.3 Å². The molecule has 1 rings (SSSR count). The van der Waals surface area contributed by atoms with Gasteiger partial charge in [-0.2, -0.15) is 0 Å². The Balaban J connectivity index is 2.66. The standard InChI is InChI=1S/C10H15NO2/c1-10(2,13)6-8-11-7-4-3-5-9(11)12/h3-5,7,13H,6,8H2,1-2H3. The second kappa shape index (κ2) is 3.75. The summed E-state index contributed by atoms with van der Waals surface area (Å²) in [5.41, 5.74) is -0.735. The highest BCUT2D eigenvalue weighted by molar-refractivity contribution is 4.93. The topological polar surface area (TPSA) is 42.2 Å². The fourth-order valence-electron chi connectivity index (χ4n) is 1.04. The van der Waals surface area contributed by atoms with Crippen LogP contribution in [0.3, 0.4) is 0 Å². The predicted octanol–water partition coefficient (Wildman–Crippen LogP) is 1.01. The second-order valence-electron chi connectivity index (χ2n) is 3.79. The Morgan fingerprint density at radius 1 is 1.46 bits per heavy atom. The highest BCUT2D eigenvalue weighted by Gasteiger charge is 2.11. The summed E-state index contributed by atoms with van der Waals surface area (Å²) >= 11 is 0. The largest absolute Gasteiger partial charge is 0.390 e. The molecule has 1 aromatic rings. The molecule has 1 aromatic heterocycles. The molecule has 0 unspecified atom stereocenters. The van der Waals surface area contributed by atoms with Crippen LogP contribution in [-0.4, -0.2) is 15.3 Å². The summed E-state index contributed by atoms with van der Waals surface area (Å²) < 4.78 is 1.60. The number of hydrogen-bond donors (Lipinski definition) is 1. The van der Waals surface area contributed by atoms with E-state index in [1.807, 2.05) is 6.07 Å². The van der Waals surface area contributed by atoms with Crippen LogP contribution in [0.15, 0.2) is 29.2 Å². The fraction of sp³-hybridized carbons (Fsp3) is 0.500. The number of aryl methyl sites for hydroxylation is 1. The van der Waals surface area contributed by atoms with E-state index < -0.39 is 5.60 Å². The Labute approximate surface area is 77.6 Å². The van der Waals surface area contributed by atoms with Gasteiger partial charge in [0.2, 0.25) is 5.56 Å². The predicted molar refractivity (Wildman–Crippen MR) is 51.6 cm³/mol. The van der Waals surface area contributed by atoms with Crippen molar-refractivity contribution in [3.8, 4) is 0 Å². The van der Waals surface area contributed by atoms with Crippen LogP contribution in [0.5, 0.6) is 0 Å². The molecule has 0 atom stereocenters. The first-order valence-electron chi connectivity index (χ1n) is 4.37. The lowest BCUT2D eigenvalue weighted by Gasteiger charge is -2.17. The molecule has 0 aliphatic rings. The normalized spacial score (nSPS) is 11.6. The Kier molecular flexibility index (Phi) is 2.88. The first-order chi connectivity index (χ1) is 5.99. The van der Waals surface area contributed by atoms with Crippen LogP contribution in [0.25, 0.3) is 0 Å². The summed E-state index contributed by atoms with van der Waals surface area (Å²) in [6.45, 7) is 4.03. The van der Waals surface area contributed by atoms with Gasteiger partial charge < -0.3 is 9.67 Å². The molecule has 3 heteroatoms. The summed E-state index contributed by atoms with van der Waals surface area (Å²) in [4.78, 5) is 11.2. The Hall–Kier alpha value is -1.09. The lowest BCUT2D eigenvalue weighted by atomic mass is 10.1. The van der Waals surface area contributed by atoms with Gasteiger partial charge in [0.05, 0.1) is 5.60 Å². The average molecular weight is 181 g/mol. The monoisotopic (exact) mass is 181 g/mol. The molecule has 13 heavy (non-hydrogen) atoms. The van der Waals surface area contributed by atoms with Crippen molar-refractivity contribution in [2.24, 2.45) is 0 Å². The van der Waals surface area contributed by atoms with Crippen molar-refractivity contribution in [2.75, 3.05) is 0 Å². The van der Waals surface area contributed by atoms with E-state index in [0.717, 1.165) is 0 Å². The summed E-state index contributed by atoms with van der Waals surface area (Å²) in [5.74, 6) is 0. The molecule has 1 N–H and O–H groups in total. The van der Waals surface area contributed by atoms with Gasteiger partial charge in [0.15, 0.2) is 0 Å². The van der Waals surface area contributed by atoms with Gasteiger partial charge >= 0.3 is 0 Å². The molecule has 0 amide bonds. The zero-order chi connectivity index (χ0) is 9.90. The van der Waals surface area contributed by atoms with Crippen molar-refractivity contribution >= 4 is 0 Å². The third kappa shape index (κ3) is 3.42. The van der Waals surface area contributed by atoms with Gasteiger partial charge in [-0.3, -0.25) is 4.79 Å². The molecule has 0 bridgehead atoms. The van der Waals surface area contributed by atoms with Crippen molar-refractivity contribution in [3.05, 3.63) is 34.7 Å². The number of pyridine rings is 1. The molecule has 0 spiro atoms. The lowest BCUT2D eigenvalue weighted by Crippen LogP contribution is -2.25. The molecular formula is C10H15NO2. The molecule has 0 aliphatic carbocycles. The van der Waals surface area contributed by atoms with Crippen molar-refractivity contribution in [1.29, 1.82) is 0 Å². The maximum atomic E-state index is 11.2. The van der Waals surface area contributed by atoms with Gasteiger partial charge in [-0.25, -0.2) is 0 Å². The average Bonchev–Trinajstić information content (AvgIpc) is 2.01. The van der Waals surface area contributed by atoms with E-state index in [1.54, 1.807) is 30.7 Å². The quantitative estimate of drug-likeness (QED) is 0.756. The molecule has 0 fully saturated rings. The molecule has 3 nitrogen and oxygen atoms in total. The number of rotatable bonds is 3. The van der Waals surface area contributed by atoms with Crippen LogP contribution in [0.4, 0.5) is 0 Å². The number of aromatic nitrogens is 1. The summed E-state index contributed by atoms with van der Waals surface area (Å²) in [5, 5.41) is 9.45. The first-order valence-corrected chi connectivity index (χ1v) is 4.37. The SMILES string of the molecule is CC(C)(O)CCn1ccccc1=O. The summed E-state index contributed by atoms with van der Waals surface area (Å²) in [7, 11) is 0. The number of hydrogen-bond acceptors (Lipinski definition) is 2. The minimum Gasteiger partial charge on any atom is -0.390 e. The molecular weight excluding hydrogens is 166 g/mol. The second-order valence-corrected chi connectivity index (χ2v) is 3.79.